The second-order valence-corrected chi connectivity index (χ2v) is 5.65. The molecule has 0 fully saturated rings. The van der Waals surface area contributed by atoms with E-state index in [2.05, 4.69) is 4.74 Å². The summed E-state index contributed by atoms with van der Waals surface area (Å²) in [5.74, 6) is -0.913. The zero-order chi connectivity index (χ0) is 12.9. The Labute approximate surface area is 98.6 Å². The average Bonchev–Trinajstić information content (AvgIpc) is 2.25. The molecule has 16 heavy (non-hydrogen) atoms. The standard InChI is InChI=1S/C10H19NO4S/c1-7(10(13)15-5)6-16(14)8(2)9(12)11(3)4/h7-8H,6H2,1-5H3. The Bertz CT molecular complexity index is 291. The molecule has 0 rings (SSSR count). The van der Waals surface area contributed by atoms with Gasteiger partial charge in [0.05, 0.1) is 13.0 Å². The fourth-order valence-electron chi connectivity index (χ4n) is 1.14. The van der Waals surface area contributed by atoms with Gasteiger partial charge in [-0.15, -0.1) is 0 Å². The molecule has 0 heterocycles. The molecule has 0 aromatic rings. The number of hydrogen-bond donors (Lipinski definition) is 0. The molecule has 0 aliphatic rings. The average molecular weight is 249 g/mol. The summed E-state index contributed by atoms with van der Waals surface area (Å²) in [5.41, 5.74) is 0. The molecule has 0 aliphatic heterocycles. The minimum absolute atomic E-state index is 0.146. The van der Waals surface area contributed by atoms with Gasteiger partial charge in [0.2, 0.25) is 5.91 Å². The molecule has 5 nitrogen and oxygen atoms in total. The Morgan fingerprint density at radius 2 is 1.81 bits per heavy atom. The van der Waals surface area contributed by atoms with Crippen molar-refractivity contribution in [1.82, 2.24) is 4.90 Å². The lowest BCUT2D eigenvalue weighted by molar-refractivity contribution is -0.144. The second kappa shape index (κ2) is 6.62. The molecule has 0 N–H and O–H groups in total. The number of nitrogens with zero attached hydrogens (tertiary/aromatic N) is 1. The first-order valence-electron chi connectivity index (χ1n) is 4.97. The van der Waals surface area contributed by atoms with E-state index < -0.39 is 27.9 Å². The first-order valence-corrected chi connectivity index (χ1v) is 6.35. The smallest absolute Gasteiger partial charge is 0.309 e. The van der Waals surface area contributed by atoms with Gasteiger partial charge in [0, 0.05) is 30.6 Å². The van der Waals surface area contributed by atoms with Crippen molar-refractivity contribution in [2.45, 2.75) is 19.1 Å². The van der Waals surface area contributed by atoms with Crippen LogP contribution in [0.15, 0.2) is 0 Å². The van der Waals surface area contributed by atoms with E-state index >= 15 is 0 Å². The van der Waals surface area contributed by atoms with Crippen LogP contribution < -0.4 is 0 Å². The molecule has 0 aromatic heterocycles. The number of esters is 1. The van der Waals surface area contributed by atoms with Gasteiger partial charge >= 0.3 is 5.97 Å². The van der Waals surface area contributed by atoms with Gasteiger partial charge in [-0.2, -0.15) is 0 Å². The number of methoxy groups -OCH3 is 1. The Balaban J connectivity index is 4.36. The lowest BCUT2D eigenvalue weighted by atomic mass is 10.2. The van der Waals surface area contributed by atoms with Crippen molar-refractivity contribution in [3.8, 4) is 0 Å². The molecule has 0 aromatic carbocycles. The largest absolute Gasteiger partial charge is 0.469 e. The number of rotatable bonds is 5. The fraction of sp³-hybridized carbons (Fsp3) is 0.800. The van der Waals surface area contributed by atoms with Crippen LogP contribution in [0.25, 0.3) is 0 Å². The van der Waals surface area contributed by atoms with Crippen LogP contribution in [0.4, 0.5) is 0 Å². The van der Waals surface area contributed by atoms with E-state index in [0.717, 1.165) is 0 Å². The molecule has 0 saturated carbocycles. The highest BCUT2D eigenvalue weighted by atomic mass is 32.2. The van der Waals surface area contributed by atoms with Crippen molar-refractivity contribution >= 4 is 22.7 Å². The summed E-state index contributed by atoms with van der Waals surface area (Å²) in [5, 5.41) is -0.595. The van der Waals surface area contributed by atoms with Crippen molar-refractivity contribution in [2.75, 3.05) is 27.0 Å². The normalized spacial score (nSPS) is 16.1. The monoisotopic (exact) mass is 249 g/mol. The predicted octanol–water partition coefficient (Wildman–Crippen LogP) is 0.0209. The summed E-state index contributed by atoms with van der Waals surface area (Å²) < 4.78 is 16.3. The predicted molar refractivity (Wildman–Crippen MR) is 62.3 cm³/mol. The van der Waals surface area contributed by atoms with Gasteiger partial charge in [0.25, 0.3) is 0 Å². The third-order valence-corrected chi connectivity index (χ3v) is 4.02. The fourth-order valence-corrected chi connectivity index (χ4v) is 2.49. The van der Waals surface area contributed by atoms with Crippen LogP contribution in [0.1, 0.15) is 13.8 Å². The molecule has 0 saturated heterocycles. The minimum atomic E-state index is -1.36. The summed E-state index contributed by atoms with van der Waals surface area (Å²) in [6.07, 6.45) is 0. The Morgan fingerprint density at radius 1 is 1.31 bits per heavy atom. The third-order valence-electron chi connectivity index (χ3n) is 2.20. The zero-order valence-electron chi connectivity index (χ0n) is 10.4. The van der Waals surface area contributed by atoms with Gasteiger partial charge in [-0.3, -0.25) is 13.8 Å². The lowest BCUT2D eigenvalue weighted by Gasteiger charge is -2.17. The van der Waals surface area contributed by atoms with E-state index in [1.54, 1.807) is 27.9 Å². The van der Waals surface area contributed by atoms with E-state index in [9.17, 15) is 13.8 Å². The highest BCUT2D eigenvalue weighted by Gasteiger charge is 2.25. The van der Waals surface area contributed by atoms with Gasteiger partial charge < -0.3 is 9.64 Å². The maximum Gasteiger partial charge on any atom is 0.309 e. The summed E-state index contributed by atoms with van der Waals surface area (Å²) >= 11 is 0. The molecule has 0 bridgehead atoms. The summed E-state index contributed by atoms with van der Waals surface area (Å²) in [6, 6.07) is 0. The third kappa shape index (κ3) is 4.30. The van der Waals surface area contributed by atoms with Crippen LogP contribution in [0.5, 0.6) is 0 Å². The summed E-state index contributed by atoms with van der Waals surface area (Å²) in [7, 11) is 3.15. The Kier molecular flexibility index (Phi) is 6.25. The van der Waals surface area contributed by atoms with Crippen LogP contribution in [0, 0.1) is 5.92 Å². The molecule has 0 radical (unpaired) electrons. The first-order chi connectivity index (χ1) is 7.31. The van der Waals surface area contributed by atoms with Crippen LogP contribution >= 0.6 is 0 Å². The molecular weight excluding hydrogens is 230 g/mol. The van der Waals surface area contributed by atoms with E-state index in [0.29, 0.717) is 0 Å². The number of hydrogen-bond acceptors (Lipinski definition) is 4. The van der Waals surface area contributed by atoms with Gasteiger partial charge in [0.15, 0.2) is 0 Å². The SMILES string of the molecule is COC(=O)C(C)CS(=O)C(C)C(=O)N(C)C. The molecule has 3 unspecified atom stereocenters. The van der Waals surface area contributed by atoms with E-state index in [4.69, 9.17) is 0 Å². The number of carbonyl (C=O) groups excluding carboxylic acids is 2. The molecule has 94 valence electrons. The topological polar surface area (TPSA) is 63.7 Å². The van der Waals surface area contributed by atoms with Gasteiger partial charge in [-0.05, 0) is 6.92 Å². The molecule has 6 heteroatoms. The second-order valence-electron chi connectivity index (χ2n) is 3.85. The van der Waals surface area contributed by atoms with E-state index in [-0.39, 0.29) is 11.7 Å². The molecule has 0 spiro atoms. The summed E-state index contributed by atoms with van der Waals surface area (Å²) in [4.78, 5) is 24.0. The molecule has 1 amide bonds. The Hall–Kier alpha value is -0.910. The van der Waals surface area contributed by atoms with Crippen LogP contribution in [-0.2, 0) is 25.1 Å². The van der Waals surface area contributed by atoms with Crippen molar-refractivity contribution in [3.63, 3.8) is 0 Å². The van der Waals surface area contributed by atoms with Gasteiger partial charge in [-0.1, -0.05) is 6.92 Å². The Morgan fingerprint density at radius 3 is 2.19 bits per heavy atom. The van der Waals surface area contributed by atoms with Crippen molar-refractivity contribution < 1.29 is 18.5 Å². The van der Waals surface area contributed by atoms with Crippen molar-refractivity contribution in [3.05, 3.63) is 0 Å². The first kappa shape index (κ1) is 15.1. The lowest BCUT2D eigenvalue weighted by Crippen LogP contribution is -2.36. The maximum atomic E-state index is 11.8. The van der Waals surface area contributed by atoms with E-state index in [1.165, 1.54) is 12.0 Å². The summed E-state index contributed by atoms with van der Waals surface area (Å²) in [6.45, 7) is 3.24. The molecule has 3 atom stereocenters. The molecular formula is C10H19NO4S. The van der Waals surface area contributed by atoms with Crippen LogP contribution in [0.2, 0.25) is 0 Å². The number of carbonyl (C=O) groups is 2. The van der Waals surface area contributed by atoms with Crippen molar-refractivity contribution in [1.29, 1.82) is 0 Å². The minimum Gasteiger partial charge on any atom is -0.469 e. The van der Waals surface area contributed by atoms with Gasteiger partial charge in [-0.25, -0.2) is 0 Å². The van der Waals surface area contributed by atoms with Crippen LogP contribution in [-0.4, -0.2) is 53.2 Å². The van der Waals surface area contributed by atoms with Gasteiger partial charge in [0.1, 0.15) is 5.25 Å². The molecule has 0 aliphatic carbocycles. The zero-order valence-corrected chi connectivity index (χ0v) is 11.2. The van der Waals surface area contributed by atoms with E-state index in [1.807, 2.05) is 0 Å². The number of ether oxygens (including phenoxy) is 1. The quantitative estimate of drug-likeness (QED) is 0.644. The maximum absolute atomic E-state index is 11.8. The van der Waals surface area contributed by atoms with Crippen molar-refractivity contribution in [2.24, 2.45) is 5.92 Å². The number of amides is 1. The van der Waals surface area contributed by atoms with Crippen LogP contribution in [0.3, 0.4) is 0 Å². The highest BCUT2D eigenvalue weighted by molar-refractivity contribution is 7.86. The highest BCUT2D eigenvalue weighted by Crippen LogP contribution is 2.07.